The van der Waals surface area contributed by atoms with Crippen molar-refractivity contribution in [3.05, 3.63) is 114 Å². The van der Waals surface area contributed by atoms with Gasteiger partial charge in [0.25, 0.3) is 0 Å². The van der Waals surface area contributed by atoms with Gasteiger partial charge in [-0.1, -0.05) is 42.5 Å². The zero-order valence-electron chi connectivity index (χ0n) is 19.1. The van der Waals surface area contributed by atoms with E-state index in [1.807, 2.05) is 78.9 Å². The average Bonchev–Trinajstić information content (AvgIpc) is 3.47. The molecule has 0 radical (unpaired) electrons. The van der Waals surface area contributed by atoms with Crippen molar-refractivity contribution in [1.29, 1.82) is 10.5 Å². The number of hydrogen-bond donors (Lipinski definition) is 0. The van der Waals surface area contributed by atoms with E-state index < -0.39 is 0 Å². The molecule has 166 valence electrons. The van der Waals surface area contributed by atoms with Crippen LogP contribution in [0.5, 0.6) is 0 Å². The number of furan rings is 1. The van der Waals surface area contributed by atoms with Crippen LogP contribution < -0.4 is 0 Å². The highest BCUT2D eigenvalue weighted by Gasteiger charge is 2.17. The van der Waals surface area contributed by atoms with Crippen LogP contribution in [-0.4, -0.2) is 4.57 Å². The lowest BCUT2D eigenvalue weighted by atomic mass is 9.99. The lowest BCUT2D eigenvalue weighted by molar-refractivity contribution is 0.669. The predicted molar refractivity (Wildman–Crippen MR) is 143 cm³/mol. The molecule has 7 aromatic rings. The van der Waals surface area contributed by atoms with Crippen LogP contribution in [0.15, 0.2) is 108 Å². The van der Waals surface area contributed by atoms with Gasteiger partial charge in [0, 0.05) is 27.1 Å². The maximum Gasteiger partial charge on any atom is 0.135 e. The number of aromatic nitrogens is 1. The van der Waals surface area contributed by atoms with Crippen molar-refractivity contribution in [2.75, 3.05) is 0 Å². The van der Waals surface area contributed by atoms with E-state index in [2.05, 4.69) is 41.0 Å². The Labute approximate surface area is 206 Å². The van der Waals surface area contributed by atoms with Crippen LogP contribution in [0.3, 0.4) is 0 Å². The largest absolute Gasteiger partial charge is 0.456 e. The fourth-order valence-corrected chi connectivity index (χ4v) is 5.23. The Hall–Kier alpha value is -5.32. The highest BCUT2D eigenvalue weighted by molar-refractivity contribution is 6.10. The highest BCUT2D eigenvalue weighted by atomic mass is 16.3. The minimum absolute atomic E-state index is 0.596. The SMILES string of the molecule is N#Cc1ccc(-n2c3ccccc3c3cc(C#N)ccc32)c(-c2ccc3oc4ccccc4c3c2)c1. The Bertz CT molecular complexity index is 2080. The van der Waals surface area contributed by atoms with E-state index in [0.29, 0.717) is 11.1 Å². The summed E-state index contributed by atoms with van der Waals surface area (Å²) in [7, 11) is 0. The number of rotatable bonds is 2. The fourth-order valence-electron chi connectivity index (χ4n) is 5.23. The van der Waals surface area contributed by atoms with E-state index in [0.717, 1.165) is 60.6 Å². The molecule has 0 saturated carbocycles. The van der Waals surface area contributed by atoms with Gasteiger partial charge in [-0.3, -0.25) is 0 Å². The first-order valence-corrected chi connectivity index (χ1v) is 11.6. The van der Waals surface area contributed by atoms with Crippen LogP contribution in [0.4, 0.5) is 0 Å². The van der Waals surface area contributed by atoms with Crippen LogP contribution in [0.1, 0.15) is 11.1 Å². The van der Waals surface area contributed by atoms with Crippen molar-refractivity contribution in [3.63, 3.8) is 0 Å². The van der Waals surface area contributed by atoms with Crippen molar-refractivity contribution < 1.29 is 4.42 Å². The molecule has 5 aromatic carbocycles. The van der Waals surface area contributed by atoms with Gasteiger partial charge in [-0.25, -0.2) is 0 Å². The molecule has 0 aliphatic carbocycles. The third-order valence-electron chi connectivity index (χ3n) is 6.86. The fraction of sp³-hybridized carbons (Fsp3) is 0. The van der Waals surface area contributed by atoms with Crippen LogP contribution in [0.2, 0.25) is 0 Å². The molecule has 4 nitrogen and oxygen atoms in total. The summed E-state index contributed by atoms with van der Waals surface area (Å²) in [5.41, 5.74) is 7.89. The zero-order chi connectivity index (χ0) is 24.2. The third kappa shape index (κ3) is 2.86. The number of hydrogen-bond acceptors (Lipinski definition) is 3. The monoisotopic (exact) mass is 459 g/mol. The molecule has 0 fully saturated rings. The second kappa shape index (κ2) is 7.60. The number of fused-ring (bicyclic) bond motifs is 6. The van der Waals surface area contributed by atoms with E-state index in [1.165, 1.54) is 0 Å². The smallest absolute Gasteiger partial charge is 0.135 e. The minimum atomic E-state index is 0.596. The molecule has 0 aliphatic heterocycles. The van der Waals surface area contributed by atoms with Gasteiger partial charge in [-0.15, -0.1) is 0 Å². The lowest BCUT2D eigenvalue weighted by Crippen LogP contribution is -1.98. The first-order valence-electron chi connectivity index (χ1n) is 11.6. The van der Waals surface area contributed by atoms with E-state index >= 15 is 0 Å². The molecule has 2 aromatic heterocycles. The van der Waals surface area contributed by atoms with Crippen molar-refractivity contribution in [2.45, 2.75) is 0 Å². The highest BCUT2D eigenvalue weighted by Crippen LogP contribution is 2.39. The Morgan fingerprint density at radius 3 is 2.11 bits per heavy atom. The standard InChI is InChI=1S/C32H17N3O/c33-18-20-9-12-29(35-28-7-3-1-5-23(28)26-16-21(19-34)10-13-30(26)35)25(15-20)22-11-14-32-27(17-22)24-6-2-4-8-31(24)36-32/h1-17H. The second-order valence-corrected chi connectivity index (χ2v) is 8.85. The van der Waals surface area contributed by atoms with Crippen molar-refractivity contribution in [2.24, 2.45) is 0 Å². The summed E-state index contributed by atoms with van der Waals surface area (Å²) in [5.74, 6) is 0. The van der Waals surface area contributed by atoms with E-state index in [1.54, 1.807) is 0 Å². The summed E-state index contributed by atoms with van der Waals surface area (Å²) in [5, 5.41) is 23.4. The Morgan fingerprint density at radius 1 is 0.556 bits per heavy atom. The number of nitriles is 2. The maximum absolute atomic E-state index is 9.71. The molecule has 0 bridgehead atoms. The minimum Gasteiger partial charge on any atom is -0.456 e. The molecule has 36 heavy (non-hydrogen) atoms. The molecule has 0 atom stereocenters. The van der Waals surface area contributed by atoms with E-state index in [4.69, 9.17) is 4.42 Å². The summed E-state index contributed by atoms with van der Waals surface area (Å²) in [6.45, 7) is 0. The van der Waals surface area contributed by atoms with Gasteiger partial charge in [-0.2, -0.15) is 10.5 Å². The van der Waals surface area contributed by atoms with Crippen LogP contribution in [-0.2, 0) is 0 Å². The van der Waals surface area contributed by atoms with Gasteiger partial charge in [0.2, 0.25) is 0 Å². The molecular formula is C32H17N3O. The Morgan fingerprint density at radius 2 is 1.25 bits per heavy atom. The van der Waals surface area contributed by atoms with Gasteiger partial charge < -0.3 is 8.98 Å². The van der Waals surface area contributed by atoms with Gasteiger partial charge in [0.05, 0.1) is 40.0 Å². The summed E-state index contributed by atoms with van der Waals surface area (Å²) in [4.78, 5) is 0. The number of nitrogens with zero attached hydrogens (tertiary/aromatic N) is 3. The van der Waals surface area contributed by atoms with Gasteiger partial charge >= 0.3 is 0 Å². The maximum atomic E-state index is 9.71. The Balaban J connectivity index is 1.57. The van der Waals surface area contributed by atoms with Crippen molar-refractivity contribution >= 4 is 43.7 Å². The van der Waals surface area contributed by atoms with Gasteiger partial charge in [0.15, 0.2) is 0 Å². The van der Waals surface area contributed by atoms with Crippen molar-refractivity contribution in [1.82, 2.24) is 4.57 Å². The average molecular weight is 460 g/mol. The summed E-state index contributed by atoms with van der Waals surface area (Å²) in [6.07, 6.45) is 0. The summed E-state index contributed by atoms with van der Waals surface area (Å²) < 4.78 is 8.27. The molecule has 0 amide bonds. The quantitative estimate of drug-likeness (QED) is 0.262. The van der Waals surface area contributed by atoms with Crippen molar-refractivity contribution in [3.8, 4) is 29.0 Å². The third-order valence-corrected chi connectivity index (χ3v) is 6.86. The second-order valence-electron chi connectivity index (χ2n) is 8.85. The molecule has 0 unspecified atom stereocenters. The van der Waals surface area contributed by atoms with E-state index in [-0.39, 0.29) is 0 Å². The molecule has 4 heteroatoms. The molecule has 0 saturated heterocycles. The molecule has 2 heterocycles. The predicted octanol–water partition coefficient (Wildman–Crippen LogP) is 8.09. The van der Waals surface area contributed by atoms with E-state index in [9.17, 15) is 10.5 Å². The zero-order valence-corrected chi connectivity index (χ0v) is 19.1. The van der Waals surface area contributed by atoms with Gasteiger partial charge in [0.1, 0.15) is 11.2 Å². The molecular weight excluding hydrogens is 442 g/mol. The first kappa shape index (κ1) is 20.1. The van der Waals surface area contributed by atoms with Crippen LogP contribution in [0.25, 0.3) is 60.6 Å². The summed E-state index contributed by atoms with van der Waals surface area (Å²) in [6, 6.07) is 38.6. The van der Waals surface area contributed by atoms with Crippen LogP contribution in [0, 0.1) is 22.7 Å². The molecule has 0 aliphatic rings. The molecule has 7 rings (SSSR count). The topological polar surface area (TPSA) is 65.7 Å². The Kier molecular flexibility index (Phi) is 4.24. The first-order chi connectivity index (χ1) is 17.7. The lowest BCUT2D eigenvalue weighted by Gasteiger charge is -2.15. The normalized spacial score (nSPS) is 11.3. The summed E-state index contributed by atoms with van der Waals surface area (Å²) >= 11 is 0. The molecule has 0 spiro atoms. The number of benzene rings is 5. The molecule has 0 N–H and O–H groups in total. The van der Waals surface area contributed by atoms with Crippen LogP contribution >= 0.6 is 0 Å². The number of para-hydroxylation sites is 2. The van der Waals surface area contributed by atoms with Gasteiger partial charge in [-0.05, 0) is 66.2 Å².